The summed E-state index contributed by atoms with van der Waals surface area (Å²) in [5.74, 6) is -7.74. The first-order valence-electron chi connectivity index (χ1n) is 8.54. The molecule has 0 radical (unpaired) electrons. The standard InChI is InChI=1S/C19H12ClF5N4O2S/c1-3-9-4-5-10(8-11(9)20)31-13-14(18(21,22)19(23,24)25)28-15(29-16(13)30)12-17(32-2)27-7-6-26-12/h3-8H,1H2,2H3,(H,28,29,30). The van der Waals surface area contributed by atoms with Crippen LogP contribution in [0.15, 0.2) is 47.0 Å². The number of aromatic nitrogens is 4. The summed E-state index contributed by atoms with van der Waals surface area (Å²) in [6, 6.07) is 3.74. The minimum atomic E-state index is -6.06. The largest absolute Gasteiger partial charge is 0.459 e. The molecule has 6 nitrogen and oxygen atoms in total. The van der Waals surface area contributed by atoms with Crippen LogP contribution < -0.4 is 10.3 Å². The monoisotopic (exact) mass is 490 g/mol. The molecule has 0 aliphatic heterocycles. The van der Waals surface area contributed by atoms with Crippen molar-refractivity contribution >= 4 is 29.4 Å². The van der Waals surface area contributed by atoms with Crippen LogP contribution in [-0.2, 0) is 5.92 Å². The highest BCUT2D eigenvalue weighted by Gasteiger charge is 2.62. The molecule has 0 saturated heterocycles. The SMILES string of the molecule is C=Cc1ccc(Oc2c(C(F)(F)C(F)(F)F)nc(-c3nccnc3SC)[nH]c2=O)cc1Cl. The summed E-state index contributed by atoms with van der Waals surface area (Å²) in [5.41, 5.74) is -3.03. The van der Waals surface area contributed by atoms with Crippen LogP contribution in [0.3, 0.4) is 0 Å². The van der Waals surface area contributed by atoms with Gasteiger partial charge in [0.15, 0.2) is 11.5 Å². The maximum Gasteiger partial charge on any atom is 0.459 e. The molecule has 0 amide bonds. The van der Waals surface area contributed by atoms with E-state index in [0.29, 0.717) is 5.56 Å². The Kier molecular flexibility index (Phi) is 6.56. The quantitative estimate of drug-likeness (QED) is 0.353. The molecule has 1 N–H and O–H groups in total. The van der Waals surface area contributed by atoms with E-state index in [-0.39, 0.29) is 21.5 Å². The Hall–Kier alpha value is -2.99. The lowest BCUT2D eigenvalue weighted by atomic mass is 10.2. The van der Waals surface area contributed by atoms with Gasteiger partial charge in [0.2, 0.25) is 5.75 Å². The van der Waals surface area contributed by atoms with Gasteiger partial charge < -0.3 is 9.72 Å². The third-order valence-corrected chi connectivity index (χ3v) is 5.04. The van der Waals surface area contributed by atoms with Gasteiger partial charge in [-0.1, -0.05) is 24.3 Å². The highest BCUT2D eigenvalue weighted by molar-refractivity contribution is 7.98. The zero-order valence-electron chi connectivity index (χ0n) is 16.0. The predicted octanol–water partition coefficient (Wildman–Crippen LogP) is 5.69. The van der Waals surface area contributed by atoms with Gasteiger partial charge in [-0.25, -0.2) is 15.0 Å². The molecule has 0 aliphatic carbocycles. The zero-order valence-corrected chi connectivity index (χ0v) is 17.6. The summed E-state index contributed by atoms with van der Waals surface area (Å²) in [6.07, 6.45) is -0.636. The van der Waals surface area contributed by atoms with Gasteiger partial charge in [0.05, 0.1) is 5.02 Å². The lowest BCUT2D eigenvalue weighted by molar-refractivity contribution is -0.291. The fourth-order valence-electron chi connectivity index (χ4n) is 2.51. The number of nitrogens with zero attached hydrogens (tertiary/aromatic N) is 3. The molecule has 2 aromatic heterocycles. The van der Waals surface area contributed by atoms with Gasteiger partial charge in [0.25, 0.3) is 5.56 Å². The lowest BCUT2D eigenvalue weighted by Crippen LogP contribution is -2.36. The number of H-pyrrole nitrogens is 1. The van der Waals surface area contributed by atoms with Crippen molar-refractivity contribution in [1.82, 2.24) is 19.9 Å². The van der Waals surface area contributed by atoms with Crippen molar-refractivity contribution in [2.75, 3.05) is 6.26 Å². The molecule has 2 heterocycles. The summed E-state index contributed by atoms with van der Waals surface area (Å²) in [7, 11) is 0. The normalized spacial score (nSPS) is 12.0. The number of thioether (sulfide) groups is 1. The van der Waals surface area contributed by atoms with E-state index < -0.39 is 34.9 Å². The van der Waals surface area contributed by atoms with E-state index in [0.717, 1.165) is 17.8 Å². The van der Waals surface area contributed by atoms with Crippen LogP contribution in [0.1, 0.15) is 11.3 Å². The number of halogens is 6. The molecule has 32 heavy (non-hydrogen) atoms. The molecule has 0 fully saturated rings. The Morgan fingerprint density at radius 3 is 2.47 bits per heavy atom. The van der Waals surface area contributed by atoms with Crippen molar-refractivity contribution in [2.45, 2.75) is 17.1 Å². The van der Waals surface area contributed by atoms with Crippen molar-refractivity contribution in [3.8, 4) is 23.0 Å². The van der Waals surface area contributed by atoms with E-state index in [2.05, 4.69) is 26.5 Å². The maximum absolute atomic E-state index is 14.4. The van der Waals surface area contributed by atoms with Crippen LogP contribution in [0.25, 0.3) is 17.6 Å². The van der Waals surface area contributed by atoms with Crippen LogP contribution in [0.2, 0.25) is 5.02 Å². The second kappa shape index (κ2) is 8.87. The first kappa shape index (κ1) is 23.7. The second-order valence-electron chi connectivity index (χ2n) is 6.07. The number of rotatable bonds is 6. The number of ether oxygens (including phenoxy) is 1. The fourth-order valence-corrected chi connectivity index (χ4v) is 3.26. The summed E-state index contributed by atoms with van der Waals surface area (Å²) < 4.78 is 73.4. The van der Waals surface area contributed by atoms with Crippen molar-refractivity contribution in [2.24, 2.45) is 0 Å². The highest BCUT2D eigenvalue weighted by Crippen LogP contribution is 2.46. The van der Waals surface area contributed by atoms with Crippen LogP contribution in [0.4, 0.5) is 22.0 Å². The van der Waals surface area contributed by atoms with Gasteiger partial charge >= 0.3 is 12.1 Å². The van der Waals surface area contributed by atoms with E-state index in [9.17, 15) is 26.7 Å². The molecular formula is C19H12ClF5N4O2S. The van der Waals surface area contributed by atoms with E-state index in [4.69, 9.17) is 16.3 Å². The van der Waals surface area contributed by atoms with Crippen molar-refractivity contribution < 1.29 is 26.7 Å². The molecule has 13 heteroatoms. The minimum Gasteiger partial charge on any atom is -0.449 e. The number of aromatic amines is 1. The van der Waals surface area contributed by atoms with Crippen molar-refractivity contribution in [1.29, 1.82) is 0 Å². The molecule has 0 atom stereocenters. The number of alkyl halides is 5. The van der Waals surface area contributed by atoms with Gasteiger partial charge in [0, 0.05) is 18.5 Å². The molecule has 0 spiro atoms. The summed E-state index contributed by atoms with van der Waals surface area (Å²) in [4.78, 5) is 25.9. The van der Waals surface area contributed by atoms with E-state index in [1.54, 1.807) is 6.26 Å². The second-order valence-corrected chi connectivity index (χ2v) is 7.27. The lowest BCUT2D eigenvalue weighted by Gasteiger charge is -2.21. The van der Waals surface area contributed by atoms with Crippen LogP contribution in [0.5, 0.6) is 11.5 Å². The zero-order chi connectivity index (χ0) is 23.7. The third kappa shape index (κ3) is 4.46. The summed E-state index contributed by atoms with van der Waals surface area (Å²) in [6.45, 7) is 3.52. The van der Waals surface area contributed by atoms with Gasteiger partial charge in [-0.15, -0.1) is 11.8 Å². The molecule has 3 aromatic rings. The molecule has 0 saturated carbocycles. The Balaban J connectivity index is 2.24. The van der Waals surface area contributed by atoms with Crippen molar-refractivity contribution in [3.05, 3.63) is 63.8 Å². The molecule has 168 valence electrons. The van der Waals surface area contributed by atoms with Crippen molar-refractivity contribution in [3.63, 3.8) is 0 Å². The summed E-state index contributed by atoms with van der Waals surface area (Å²) in [5, 5.41) is 0.226. The topological polar surface area (TPSA) is 80.8 Å². The molecule has 0 unspecified atom stereocenters. The van der Waals surface area contributed by atoms with Crippen LogP contribution >= 0.6 is 23.4 Å². The number of nitrogens with one attached hydrogen (secondary N) is 1. The Bertz CT molecular complexity index is 1230. The number of hydrogen-bond donors (Lipinski definition) is 1. The predicted molar refractivity (Wildman–Crippen MR) is 109 cm³/mol. The van der Waals surface area contributed by atoms with Crippen LogP contribution in [-0.4, -0.2) is 32.4 Å². The van der Waals surface area contributed by atoms with E-state index in [1.165, 1.54) is 30.6 Å². The maximum atomic E-state index is 14.4. The average molecular weight is 491 g/mol. The fraction of sp³-hybridized carbons (Fsp3) is 0.158. The third-order valence-electron chi connectivity index (χ3n) is 4.02. The molecule has 3 rings (SSSR count). The van der Waals surface area contributed by atoms with Crippen LogP contribution in [0, 0.1) is 0 Å². The Morgan fingerprint density at radius 2 is 1.88 bits per heavy atom. The smallest absolute Gasteiger partial charge is 0.449 e. The Morgan fingerprint density at radius 1 is 1.19 bits per heavy atom. The Labute approximate surface area is 186 Å². The molecule has 0 aliphatic rings. The van der Waals surface area contributed by atoms with E-state index in [1.807, 2.05) is 0 Å². The average Bonchev–Trinajstić information content (AvgIpc) is 2.74. The summed E-state index contributed by atoms with van der Waals surface area (Å²) >= 11 is 7.01. The number of hydrogen-bond acceptors (Lipinski definition) is 6. The first-order valence-corrected chi connectivity index (χ1v) is 10.1. The first-order chi connectivity index (χ1) is 15.0. The molecule has 0 bridgehead atoms. The van der Waals surface area contributed by atoms with E-state index >= 15 is 0 Å². The number of benzene rings is 1. The van der Waals surface area contributed by atoms with Gasteiger partial charge in [-0.2, -0.15) is 22.0 Å². The van der Waals surface area contributed by atoms with Gasteiger partial charge in [-0.3, -0.25) is 4.79 Å². The van der Waals surface area contributed by atoms with Gasteiger partial charge in [0.1, 0.15) is 16.5 Å². The van der Waals surface area contributed by atoms with Gasteiger partial charge in [-0.05, 0) is 24.0 Å². The highest BCUT2D eigenvalue weighted by atomic mass is 35.5. The minimum absolute atomic E-state index is 0.0758. The molecular weight excluding hydrogens is 479 g/mol. The molecule has 1 aromatic carbocycles.